The highest BCUT2D eigenvalue weighted by molar-refractivity contribution is 6.30. The van der Waals surface area contributed by atoms with Crippen LogP contribution < -0.4 is 10.6 Å². The number of hydrogen-bond donors (Lipinski definition) is 2. The Morgan fingerprint density at radius 2 is 1.69 bits per heavy atom. The molecule has 4 heteroatoms. The van der Waals surface area contributed by atoms with Crippen molar-refractivity contribution < 1.29 is 0 Å². The molecule has 2 aromatic rings. The molecule has 0 radical (unpaired) electrons. The zero-order valence-electron chi connectivity index (χ0n) is 8.87. The molecule has 82 valence electrons. The van der Waals surface area contributed by atoms with Gasteiger partial charge in [0.05, 0.1) is 23.8 Å². The molecule has 0 amide bonds. The van der Waals surface area contributed by atoms with Crippen molar-refractivity contribution in [3.63, 3.8) is 0 Å². The van der Waals surface area contributed by atoms with E-state index in [-0.39, 0.29) is 0 Å². The average molecular weight is 234 g/mol. The van der Waals surface area contributed by atoms with E-state index in [1.54, 1.807) is 12.4 Å². The minimum absolute atomic E-state index is 0.729. The van der Waals surface area contributed by atoms with Gasteiger partial charge in [0.25, 0.3) is 0 Å². The fourth-order valence-corrected chi connectivity index (χ4v) is 1.47. The predicted molar refractivity (Wildman–Crippen MR) is 68.5 cm³/mol. The predicted octanol–water partition coefficient (Wildman–Crippen LogP) is 3.52. The highest BCUT2D eigenvalue weighted by Gasteiger charge is 1.96. The summed E-state index contributed by atoms with van der Waals surface area (Å²) in [7, 11) is 1.86. The standard InChI is InChI=1S/C12H12ClN3/c1-14-11-6-12(8-15-7-11)16-10-4-2-9(13)3-5-10/h2-8,14,16H,1H3. The van der Waals surface area contributed by atoms with Crippen LogP contribution in [0.2, 0.25) is 5.02 Å². The van der Waals surface area contributed by atoms with Crippen LogP contribution in [0.1, 0.15) is 0 Å². The average Bonchev–Trinajstić information content (AvgIpc) is 2.32. The minimum atomic E-state index is 0.729. The van der Waals surface area contributed by atoms with Crippen molar-refractivity contribution in [1.82, 2.24) is 4.98 Å². The molecule has 3 nitrogen and oxygen atoms in total. The molecule has 1 aromatic carbocycles. The summed E-state index contributed by atoms with van der Waals surface area (Å²) >= 11 is 5.81. The van der Waals surface area contributed by atoms with Gasteiger partial charge in [0.15, 0.2) is 0 Å². The van der Waals surface area contributed by atoms with Crippen molar-refractivity contribution in [3.8, 4) is 0 Å². The molecule has 2 rings (SSSR count). The summed E-state index contributed by atoms with van der Waals surface area (Å²) in [5.74, 6) is 0. The normalized spacial score (nSPS) is 9.88. The summed E-state index contributed by atoms with van der Waals surface area (Å²) < 4.78 is 0. The molecule has 0 spiro atoms. The molecular weight excluding hydrogens is 222 g/mol. The van der Waals surface area contributed by atoms with E-state index in [0.29, 0.717) is 0 Å². The SMILES string of the molecule is CNc1cncc(Nc2ccc(Cl)cc2)c1. The first-order valence-electron chi connectivity index (χ1n) is 4.93. The number of benzene rings is 1. The second kappa shape index (κ2) is 4.86. The van der Waals surface area contributed by atoms with Crippen LogP contribution in [0, 0.1) is 0 Å². The van der Waals surface area contributed by atoms with Gasteiger partial charge in [0, 0.05) is 17.8 Å². The van der Waals surface area contributed by atoms with Crippen LogP contribution in [0.3, 0.4) is 0 Å². The fraction of sp³-hybridized carbons (Fsp3) is 0.0833. The van der Waals surface area contributed by atoms with Gasteiger partial charge in [0.1, 0.15) is 0 Å². The van der Waals surface area contributed by atoms with E-state index in [1.807, 2.05) is 37.4 Å². The second-order valence-corrected chi connectivity index (χ2v) is 3.78. The number of aromatic nitrogens is 1. The van der Waals surface area contributed by atoms with Crippen LogP contribution in [0.15, 0.2) is 42.7 Å². The van der Waals surface area contributed by atoms with Crippen LogP contribution >= 0.6 is 11.6 Å². The van der Waals surface area contributed by atoms with E-state index in [1.165, 1.54) is 0 Å². The summed E-state index contributed by atoms with van der Waals surface area (Å²) in [4.78, 5) is 4.12. The summed E-state index contributed by atoms with van der Waals surface area (Å²) in [6, 6.07) is 9.53. The lowest BCUT2D eigenvalue weighted by Gasteiger charge is -2.07. The molecule has 0 bridgehead atoms. The number of nitrogens with one attached hydrogen (secondary N) is 2. The molecule has 0 atom stereocenters. The van der Waals surface area contributed by atoms with Gasteiger partial charge in [-0.2, -0.15) is 0 Å². The second-order valence-electron chi connectivity index (χ2n) is 3.34. The van der Waals surface area contributed by atoms with Crippen molar-refractivity contribution in [1.29, 1.82) is 0 Å². The number of hydrogen-bond acceptors (Lipinski definition) is 3. The Bertz CT molecular complexity index is 468. The van der Waals surface area contributed by atoms with Crippen LogP contribution in [0.25, 0.3) is 0 Å². The maximum atomic E-state index is 5.81. The van der Waals surface area contributed by atoms with Crippen molar-refractivity contribution in [2.75, 3.05) is 17.7 Å². The monoisotopic (exact) mass is 233 g/mol. The van der Waals surface area contributed by atoms with Crippen LogP contribution in [-0.2, 0) is 0 Å². The summed E-state index contributed by atoms with van der Waals surface area (Å²) in [6.45, 7) is 0. The number of pyridine rings is 1. The van der Waals surface area contributed by atoms with Gasteiger partial charge in [-0.1, -0.05) is 11.6 Å². The Balaban J connectivity index is 2.16. The lowest BCUT2D eigenvalue weighted by Crippen LogP contribution is -1.94. The third kappa shape index (κ3) is 2.64. The molecule has 2 N–H and O–H groups in total. The first-order valence-corrected chi connectivity index (χ1v) is 5.31. The maximum absolute atomic E-state index is 5.81. The minimum Gasteiger partial charge on any atom is -0.387 e. The molecule has 0 unspecified atom stereocenters. The van der Waals surface area contributed by atoms with Gasteiger partial charge >= 0.3 is 0 Å². The molecule has 0 saturated heterocycles. The largest absolute Gasteiger partial charge is 0.387 e. The zero-order chi connectivity index (χ0) is 11.4. The van der Waals surface area contributed by atoms with Crippen LogP contribution in [0.5, 0.6) is 0 Å². The Hall–Kier alpha value is -1.74. The van der Waals surface area contributed by atoms with Gasteiger partial charge in [-0.25, -0.2) is 0 Å². The van der Waals surface area contributed by atoms with Gasteiger partial charge in [-0.3, -0.25) is 4.98 Å². The number of halogens is 1. The first-order chi connectivity index (χ1) is 7.78. The highest BCUT2D eigenvalue weighted by atomic mass is 35.5. The summed E-state index contributed by atoms with van der Waals surface area (Å²) in [6.07, 6.45) is 3.54. The molecular formula is C12H12ClN3. The van der Waals surface area contributed by atoms with Crippen molar-refractivity contribution in [3.05, 3.63) is 47.7 Å². The summed E-state index contributed by atoms with van der Waals surface area (Å²) in [5.41, 5.74) is 2.90. The molecule has 0 aliphatic carbocycles. The molecule has 0 fully saturated rings. The first kappa shape index (κ1) is 10.8. The number of nitrogens with zero attached hydrogens (tertiary/aromatic N) is 1. The quantitative estimate of drug-likeness (QED) is 0.852. The van der Waals surface area contributed by atoms with E-state index >= 15 is 0 Å². The Morgan fingerprint density at radius 1 is 1.00 bits per heavy atom. The molecule has 0 aliphatic heterocycles. The Labute approximate surface area is 99.5 Å². The van der Waals surface area contributed by atoms with Crippen LogP contribution in [-0.4, -0.2) is 12.0 Å². The van der Waals surface area contributed by atoms with E-state index in [0.717, 1.165) is 22.1 Å². The maximum Gasteiger partial charge on any atom is 0.0591 e. The Morgan fingerprint density at radius 3 is 2.38 bits per heavy atom. The lowest BCUT2D eigenvalue weighted by molar-refractivity contribution is 1.30. The van der Waals surface area contributed by atoms with E-state index < -0.39 is 0 Å². The summed E-state index contributed by atoms with van der Waals surface area (Å²) in [5, 5.41) is 7.01. The fourth-order valence-electron chi connectivity index (χ4n) is 1.34. The van der Waals surface area contributed by atoms with Gasteiger partial charge in [-0.05, 0) is 30.3 Å². The lowest BCUT2D eigenvalue weighted by atomic mass is 10.3. The number of rotatable bonds is 3. The van der Waals surface area contributed by atoms with Crippen LogP contribution in [0.4, 0.5) is 17.1 Å². The van der Waals surface area contributed by atoms with Gasteiger partial charge in [0.2, 0.25) is 0 Å². The van der Waals surface area contributed by atoms with Gasteiger partial charge in [-0.15, -0.1) is 0 Å². The van der Waals surface area contributed by atoms with E-state index in [4.69, 9.17) is 11.6 Å². The number of anilines is 3. The molecule has 0 aliphatic rings. The van der Waals surface area contributed by atoms with Crippen molar-refractivity contribution in [2.24, 2.45) is 0 Å². The van der Waals surface area contributed by atoms with E-state index in [2.05, 4.69) is 15.6 Å². The molecule has 16 heavy (non-hydrogen) atoms. The van der Waals surface area contributed by atoms with E-state index in [9.17, 15) is 0 Å². The molecule has 1 heterocycles. The van der Waals surface area contributed by atoms with Gasteiger partial charge < -0.3 is 10.6 Å². The van der Waals surface area contributed by atoms with Crippen molar-refractivity contribution in [2.45, 2.75) is 0 Å². The highest BCUT2D eigenvalue weighted by Crippen LogP contribution is 2.20. The molecule has 0 saturated carbocycles. The van der Waals surface area contributed by atoms with Crippen molar-refractivity contribution >= 4 is 28.7 Å². The smallest absolute Gasteiger partial charge is 0.0591 e. The topological polar surface area (TPSA) is 37.0 Å². The Kier molecular flexibility index (Phi) is 3.27. The molecule has 1 aromatic heterocycles. The zero-order valence-corrected chi connectivity index (χ0v) is 9.62. The third-order valence-electron chi connectivity index (χ3n) is 2.16. The third-order valence-corrected chi connectivity index (χ3v) is 2.41.